The number of nitrogens with zero attached hydrogens (tertiary/aromatic N) is 3. The van der Waals surface area contributed by atoms with Crippen LogP contribution in [0.5, 0.6) is 0 Å². The van der Waals surface area contributed by atoms with Gasteiger partial charge >= 0.3 is 6.09 Å². The lowest BCUT2D eigenvalue weighted by atomic mass is 10.0. The number of benzene rings is 1. The molecule has 0 radical (unpaired) electrons. The van der Waals surface area contributed by atoms with Gasteiger partial charge in [-0.1, -0.05) is 13.0 Å². The number of hydrogen-bond acceptors (Lipinski definition) is 6. The number of amides is 3. The molecule has 9 nitrogen and oxygen atoms in total. The molecule has 0 unspecified atom stereocenters. The molecule has 2 rings (SSSR count). The minimum Gasteiger partial charge on any atom is -0.444 e. The largest absolute Gasteiger partial charge is 0.444 e. The van der Waals surface area contributed by atoms with E-state index in [9.17, 15) is 14.4 Å². The van der Waals surface area contributed by atoms with E-state index in [4.69, 9.17) is 10.5 Å². The average molecular weight is 472 g/mol. The molecule has 0 atom stereocenters. The number of carbonyl (C=O) groups is 3. The van der Waals surface area contributed by atoms with Crippen molar-refractivity contribution in [3.05, 3.63) is 34.9 Å². The number of nitrogens with two attached hydrogens (primary N) is 1. The number of carbonyl (C=O) groups excluding carboxylic acids is 3. The second-order valence-electron chi connectivity index (χ2n) is 9.50. The summed E-state index contributed by atoms with van der Waals surface area (Å²) in [4.78, 5) is 45.2. The third kappa shape index (κ3) is 7.90. The number of rotatable bonds is 8. The van der Waals surface area contributed by atoms with E-state index in [-0.39, 0.29) is 18.2 Å². The molecule has 0 aliphatic carbocycles. The summed E-state index contributed by atoms with van der Waals surface area (Å²) < 4.78 is 5.24. The first-order chi connectivity index (χ1) is 15.9. The normalized spacial score (nSPS) is 13.1. The van der Waals surface area contributed by atoms with Gasteiger partial charge in [0.15, 0.2) is 0 Å². The van der Waals surface area contributed by atoms with Gasteiger partial charge in [-0.2, -0.15) is 0 Å². The fourth-order valence-corrected chi connectivity index (χ4v) is 3.48. The van der Waals surface area contributed by atoms with E-state index in [2.05, 4.69) is 10.3 Å². The van der Waals surface area contributed by atoms with Crippen LogP contribution in [0.2, 0.25) is 0 Å². The van der Waals surface area contributed by atoms with Crippen molar-refractivity contribution in [1.29, 1.82) is 0 Å². The molecule has 0 fully saturated rings. The molecular weight excluding hydrogens is 434 g/mol. The fraction of sp³-hybridized carbons (Fsp3) is 0.520. The summed E-state index contributed by atoms with van der Waals surface area (Å²) >= 11 is 0. The maximum Gasteiger partial charge on any atom is 0.407 e. The van der Waals surface area contributed by atoms with Gasteiger partial charge in [0, 0.05) is 56.9 Å². The van der Waals surface area contributed by atoms with E-state index in [1.807, 2.05) is 27.7 Å². The lowest BCUT2D eigenvalue weighted by Gasteiger charge is -2.24. The zero-order valence-electron chi connectivity index (χ0n) is 21.1. The Morgan fingerprint density at radius 2 is 1.85 bits per heavy atom. The Hall–Kier alpha value is -3.36. The summed E-state index contributed by atoms with van der Waals surface area (Å²) in [5.41, 5.74) is 7.92. The van der Waals surface area contributed by atoms with E-state index < -0.39 is 11.7 Å². The van der Waals surface area contributed by atoms with Crippen molar-refractivity contribution in [1.82, 2.24) is 15.1 Å². The molecule has 0 saturated carbocycles. The number of aliphatic imine (C=N–C) groups is 1. The predicted molar refractivity (Wildman–Crippen MR) is 134 cm³/mol. The lowest BCUT2D eigenvalue weighted by Crippen LogP contribution is -2.37. The van der Waals surface area contributed by atoms with Crippen LogP contribution in [-0.4, -0.2) is 72.9 Å². The standard InChI is InChI=1S/C25H37N5O4/c1-7-12-30(13-8-11-27-24(33)34-25(2,3)4)23(32)19-14-17-9-10-18(22(31)29(5)6)15-20(17)28-21(26)16-19/h9-10,14-15H,7-8,11-13,16H2,1-6H3,(H2,26,28)(H,27,33). The van der Waals surface area contributed by atoms with Gasteiger partial charge < -0.3 is 25.6 Å². The quantitative estimate of drug-likeness (QED) is 0.564. The maximum atomic E-state index is 13.4. The van der Waals surface area contributed by atoms with Crippen LogP contribution in [0.15, 0.2) is 28.8 Å². The number of fused-ring (bicyclic) bond motifs is 1. The zero-order valence-corrected chi connectivity index (χ0v) is 21.1. The number of nitrogens with one attached hydrogen (secondary N) is 1. The van der Waals surface area contributed by atoms with E-state index in [1.165, 1.54) is 4.90 Å². The van der Waals surface area contributed by atoms with Gasteiger partial charge in [-0.15, -0.1) is 0 Å². The molecule has 0 bridgehead atoms. The zero-order chi connectivity index (χ0) is 25.5. The molecule has 1 aromatic carbocycles. The molecule has 1 aromatic rings. The van der Waals surface area contributed by atoms with E-state index in [0.29, 0.717) is 48.7 Å². The van der Waals surface area contributed by atoms with Crippen molar-refractivity contribution in [2.24, 2.45) is 10.7 Å². The van der Waals surface area contributed by atoms with Crippen molar-refractivity contribution < 1.29 is 19.1 Å². The van der Waals surface area contributed by atoms with Gasteiger partial charge in [-0.25, -0.2) is 9.79 Å². The molecule has 0 spiro atoms. The van der Waals surface area contributed by atoms with Gasteiger partial charge in [-0.05, 0) is 51.8 Å². The number of ether oxygens (including phenoxy) is 1. The minimum atomic E-state index is -0.557. The van der Waals surface area contributed by atoms with Crippen LogP contribution in [0.25, 0.3) is 6.08 Å². The Kier molecular flexibility index (Phi) is 9.23. The summed E-state index contributed by atoms with van der Waals surface area (Å²) in [6, 6.07) is 5.21. The molecule has 1 aliphatic rings. The summed E-state index contributed by atoms with van der Waals surface area (Å²) in [5.74, 6) is 0.0737. The van der Waals surface area contributed by atoms with E-state index in [1.54, 1.807) is 43.3 Å². The third-order valence-electron chi connectivity index (χ3n) is 4.98. The van der Waals surface area contributed by atoms with Gasteiger partial charge in [0.2, 0.25) is 5.91 Å². The van der Waals surface area contributed by atoms with E-state index in [0.717, 1.165) is 12.0 Å². The Morgan fingerprint density at radius 1 is 1.15 bits per heavy atom. The Bertz CT molecular complexity index is 976. The minimum absolute atomic E-state index is 0.112. The molecule has 1 heterocycles. The Morgan fingerprint density at radius 3 is 2.47 bits per heavy atom. The van der Waals surface area contributed by atoms with Gasteiger partial charge in [0.25, 0.3) is 5.91 Å². The highest BCUT2D eigenvalue weighted by Gasteiger charge is 2.22. The number of alkyl carbamates (subject to hydrolysis) is 1. The molecule has 9 heteroatoms. The van der Waals surface area contributed by atoms with Crippen molar-refractivity contribution in [3.8, 4) is 0 Å². The van der Waals surface area contributed by atoms with Crippen molar-refractivity contribution >= 4 is 35.5 Å². The van der Waals surface area contributed by atoms with Crippen LogP contribution in [0.4, 0.5) is 10.5 Å². The molecule has 3 N–H and O–H groups in total. The van der Waals surface area contributed by atoms with Crippen LogP contribution in [0, 0.1) is 0 Å². The van der Waals surface area contributed by atoms with Crippen LogP contribution in [0.3, 0.4) is 0 Å². The molecule has 34 heavy (non-hydrogen) atoms. The highest BCUT2D eigenvalue weighted by molar-refractivity contribution is 6.06. The SMILES string of the molecule is CCCN(CCCNC(=O)OC(C)(C)C)C(=O)C1=Cc2ccc(C(=O)N(C)C)cc2N=C(N)C1. The highest BCUT2D eigenvalue weighted by atomic mass is 16.6. The Labute approximate surface area is 202 Å². The molecule has 1 aliphatic heterocycles. The first-order valence-electron chi connectivity index (χ1n) is 11.6. The molecular formula is C25H37N5O4. The second kappa shape index (κ2) is 11.7. The second-order valence-corrected chi connectivity index (χ2v) is 9.50. The smallest absolute Gasteiger partial charge is 0.407 e. The summed E-state index contributed by atoms with van der Waals surface area (Å²) in [6.45, 7) is 8.91. The first-order valence-corrected chi connectivity index (χ1v) is 11.6. The lowest BCUT2D eigenvalue weighted by molar-refractivity contribution is -0.127. The predicted octanol–water partition coefficient (Wildman–Crippen LogP) is 3.32. The van der Waals surface area contributed by atoms with Crippen molar-refractivity contribution in [3.63, 3.8) is 0 Å². The van der Waals surface area contributed by atoms with E-state index >= 15 is 0 Å². The van der Waals surface area contributed by atoms with Crippen LogP contribution in [-0.2, 0) is 9.53 Å². The topological polar surface area (TPSA) is 117 Å². The first kappa shape index (κ1) is 26.9. The number of hydrogen-bond donors (Lipinski definition) is 2. The highest BCUT2D eigenvalue weighted by Crippen LogP contribution is 2.28. The van der Waals surface area contributed by atoms with Gasteiger partial charge in [0.05, 0.1) is 5.69 Å². The van der Waals surface area contributed by atoms with Crippen LogP contribution < -0.4 is 11.1 Å². The molecule has 0 aromatic heterocycles. The monoisotopic (exact) mass is 471 g/mol. The summed E-state index contributed by atoms with van der Waals surface area (Å²) in [6.07, 6.45) is 2.94. The third-order valence-corrected chi connectivity index (χ3v) is 4.98. The van der Waals surface area contributed by atoms with Crippen LogP contribution in [0.1, 0.15) is 62.9 Å². The van der Waals surface area contributed by atoms with Gasteiger partial charge in [0.1, 0.15) is 11.4 Å². The molecule has 186 valence electrons. The van der Waals surface area contributed by atoms with Gasteiger partial charge in [-0.3, -0.25) is 9.59 Å². The maximum absolute atomic E-state index is 13.4. The molecule has 0 saturated heterocycles. The summed E-state index contributed by atoms with van der Waals surface area (Å²) in [7, 11) is 3.38. The van der Waals surface area contributed by atoms with Crippen molar-refractivity contribution in [2.45, 2.75) is 52.6 Å². The molecule has 3 amide bonds. The van der Waals surface area contributed by atoms with Crippen molar-refractivity contribution in [2.75, 3.05) is 33.7 Å². The Balaban J connectivity index is 2.12. The summed E-state index contributed by atoms with van der Waals surface area (Å²) in [5, 5.41) is 2.72. The fourth-order valence-electron chi connectivity index (χ4n) is 3.48. The number of amidine groups is 1. The average Bonchev–Trinajstić information content (AvgIpc) is 2.90. The van der Waals surface area contributed by atoms with Crippen LogP contribution >= 0.6 is 0 Å².